The van der Waals surface area contributed by atoms with E-state index in [9.17, 15) is 18.8 Å². The molecule has 0 aliphatic carbocycles. The number of carbonyl (C=O) groups excluding carboxylic acids is 1. The number of aromatic nitrogens is 2. The van der Waals surface area contributed by atoms with E-state index >= 15 is 0 Å². The first-order valence-corrected chi connectivity index (χ1v) is 10.1. The van der Waals surface area contributed by atoms with Crippen LogP contribution in [0.1, 0.15) is 43.7 Å². The molecule has 1 fully saturated rings. The third kappa shape index (κ3) is 6.12. The van der Waals surface area contributed by atoms with E-state index in [1.54, 1.807) is 12.1 Å². The van der Waals surface area contributed by atoms with Crippen molar-refractivity contribution in [1.82, 2.24) is 19.8 Å². The lowest BCUT2D eigenvalue weighted by Gasteiger charge is -2.31. The van der Waals surface area contributed by atoms with Crippen molar-refractivity contribution >= 4 is 5.91 Å². The quantitative estimate of drug-likeness (QED) is 0.739. The smallest absolute Gasteiger partial charge is 0.328 e. The van der Waals surface area contributed by atoms with Gasteiger partial charge in [0.1, 0.15) is 5.82 Å². The van der Waals surface area contributed by atoms with Crippen molar-refractivity contribution in [3.05, 3.63) is 68.7 Å². The summed E-state index contributed by atoms with van der Waals surface area (Å²) in [6.45, 7) is 2.51. The highest BCUT2D eigenvalue weighted by molar-refractivity contribution is 5.75. The number of nitrogens with zero attached hydrogens (tertiary/aromatic N) is 2. The summed E-state index contributed by atoms with van der Waals surface area (Å²) < 4.78 is 14.7. The number of carbonyl (C=O) groups is 1. The molecule has 0 bridgehead atoms. The van der Waals surface area contributed by atoms with Gasteiger partial charge in [-0.3, -0.25) is 19.5 Å². The van der Waals surface area contributed by atoms with Crippen LogP contribution in [-0.2, 0) is 11.3 Å². The maximum Gasteiger partial charge on any atom is 0.328 e. The predicted molar refractivity (Wildman–Crippen MR) is 108 cm³/mol. The normalized spacial score (nSPS) is 16.2. The molecule has 1 aliphatic heterocycles. The van der Waals surface area contributed by atoms with Gasteiger partial charge in [-0.25, -0.2) is 9.18 Å². The van der Waals surface area contributed by atoms with E-state index < -0.39 is 11.2 Å². The van der Waals surface area contributed by atoms with E-state index in [-0.39, 0.29) is 30.7 Å². The Balaban J connectivity index is 1.62. The van der Waals surface area contributed by atoms with Gasteiger partial charge >= 0.3 is 5.69 Å². The van der Waals surface area contributed by atoms with Gasteiger partial charge in [-0.2, -0.15) is 0 Å². The average molecular weight is 402 g/mol. The molecule has 1 aromatic heterocycles. The summed E-state index contributed by atoms with van der Waals surface area (Å²) in [4.78, 5) is 39.7. The molecule has 2 heterocycles. The molecule has 3 rings (SSSR count). The molecule has 1 unspecified atom stereocenters. The number of hydrogen-bond acceptors (Lipinski definition) is 4. The molecule has 0 spiro atoms. The summed E-state index contributed by atoms with van der Waals surface area (Å²) in [5.74, 6) is -0.455. The maximum absolute atomic E-state index is 13.4. The molecule has 156 valence electrons. The monoisotopic (exact) mass is 402 g/mol. The molecular formula is C21H27FN4O3. The van der Waals surface area contributed by atoms with Crippen molar-refractivity contribution in [2.24, 2.45) is 0 Å². The number of halogens is 1. The van der Waals surface area contributed by atoms with Crippen LogP contribution < -0.4 is 16.6 Å². The molecule has 8 heteroatoms. The lowest BCUT2D eigenvalue weighted by molar-refractivity contribution is -0.121. The highest BCUT2D eigenvalue weighted by Crippen LogP contribution is 2.24. The first-order chi connectivity index (χ1) is 14.0. The van der Waals surface area contributed by atoms with Crippen LogP contribution in [-0.4, -0.2) is 40.0 Å². The van der Waals surface area contributed by atoms with Crippen molar-refractivity contribution in [2.75, 3.05) is 19.6 Å². The zero-order chi connectivity index (χ0) is 20.6. The second kappa shape index (κ2) is 10.2. The SMILES string of the molecule is O=C(CCn1ccc(=O)[nH]c1=O)NCC(c1ccc(F)cc1)N1CCCCCC1. The number of H-pyrrole nitrogens is 1. The number of aromatic amines is 1. The minimum atomic E-state index is -0.529. The highest BCUT2D eigenvalue weighted by atomic mass is 19.1. The predicted octanol–water partition coefficient (Wildman–Crippen LogP) is 1.80. The molecule has 1 amide bonds. The van der Waals surface area contributed by atoms with Gasteiger partial charge in [0.15, 0.2) is 0 Å². The average Bonchev–Trinajstić information content (AvgIpc) is 2.98. The Morgan fingerprint density at radius 2 is 1.76 bits per heavy atom. The Kier molecular flexibility index (Phi) is 7.35. The minimum absolute atomic E-state index is 0.0200. The van der Waals surface area contributed by atoms with Crippen LogP contribution in [0.25, 0.3) is 0 Å². The van der Waals surface area contributed by atoms with E-state index in [1.807, 2.05) is 0 Å². The Hall–Kier alpha value is -2.74. The Morgan fingerprint density at radius 3 is 2.41 bits per heavy atom. The maximum atomic E-state index is 13.4. The zero-order valence-electron chi connectivity index (χ0n) is 16.4. The zero-order valence-corrected chi connectivity index (χ0v) is 16.4. The van der Waals surface area contributed by atoms with Crippen molar-refractivity contribution < 1.29 is 9.18 Å². The van der Waals surface area contributed by atoms with E-state index in [0.29, 0.717) is 6.54 Å². The largest absolute Gasteiger partial charge is 0.354 e. The van der Waals surface area contributed by atoms with Gasteiger partial charge in [-0.15, -0.1) is 0 Å². The van der Waals surface area contributed by atoms with Crippen LogP contribution in [0.4, 0.5) is 4.39 Å². The molecule has 1 atom stereocenters. The number of hydrogen-bond donors (Lipinski definition) is 2. The van der Waals surface area contributed by atoms with Crippen LogP contribution in [0.2, 0.25) is 0 Å². The van der Waals surface area contributed by atoms with Gasteiger partial charge in [0, 0.05) is 31.8 Å². The van der Waals surface area contributed by atoms with Gasteiger partial charge in [-0.1, -0.05) is 25.0 Å². The van der Waals surface area contributed by atoms with Crippen LogP contribution in [0.15, 0.2) is 46.1 Å². The molecule has 1 saturated heterocycles. The highest BCUT2D eigenvalue weighted by Gasteiger charge is 2.22. The van der Waals surface area contributed by atoms with Crippen LogP contribution >= 0.6 is 0 Å². The number of aryl methyl sites for hydroxylation is 1. The van der Waals surface area contributed by atoms with Crippen molar-refractivity contribution in [3.63, 3.8) is 0 Å². The Morgan fingerprint density at radius 1 is 1.07 bits per heavy atom. The van der Waals surface area contributed by atoms with E-state index in [1.165, 1.54) is 41.8 Å². The molecule has 1 aromatic carbocycles. The summed E-state index contributed by atoms with van der Waals surface area (Å²) in [6.07, 6.45) is 6.14. The van der Waals surface area contributed by atoms with Crippen LogP contribution in [0.5, 0.6) is 0 Å². The second-order valence-electron chi connectivity index (χ2n) is 7.38. The van der Waals surface area contributed by atoms with Crippen molar-refractivity contribution in [2.45, 2.75) is 44.7 Å². The standard InChI is InChI=1S/C21H27FN4O3/c22-17-7-5-16(6-8-17)18(25-11-3-1-2-4-12-25)15-23-19(27)9-13-26-14-10-20(28)24-21(26)29/h5-8,10,14,18H,1-4,9,11-13,15H2,(H,23,27)(H,24,28,29). The third-order valence-electron chi connectivity index (χ3n) is 5.31. The number of amides is 1. The topological polar surface area (TPSA) is 87.2 Å². The van der Waals surface area contributed by atoms with Gasteiger partial charge in [0.05, 0.1) is 6.04 Å². The second-order valence-corrected chi connectivity index (χ2v) is 7.38. The lowest BCUT2D eigenvalue weighted by Crippen LogP contribution is -2.39. The third-order valence-corrected chi connectivity index (χ3v) is 5.31. The van der Waals surface area contributed by atoms with Gasteiger partial charge in [0.25, 0.3) is 5.56 Å². The fourth-order valence-electron chi connectivity index (χ4n) is 3.69. The number of nitrogens with one attached hydrogen (secondary N) is 2. The molecule has 0 radical (unpaired) electrons. The summed E-state index contributed by atoms with van der Waals surface area (Å²) in [5, 5.41) is 2.95. The number of rotatable bonds is 7. The van der Waals surface area contributed by atoms with E-state index in [2.05, 4.69) is 15.2 Å². The summed E-state index contributed by atoms with van der Waals surface area (Å²) in [7, 11) is 0. The summed E-state index contributed by atoms with van der Waals surface area (Å²) in [6, 6.07) is 7.68. The Bertz CT molecular complexity index is 915. The first-order valence-electron chi connectivity index (χ1n) is 10.1. The van der Waals surface area contributed by atoms with Gasteiger partial charge in [0.2, 0.25) is 5.91 Å². The molecule has 29 heavy (non-hydrogen) atoms. The van der Waals surface area contributed by atoms with Crippen LogP contribution in [0.3, 0.4) is 0 Å². The molecule has 0 saturated carbocycles. The lowest BCUT2D eigenvalue weighted by atomic mass is 10.0. The molecule has 7 nitrogen and oxygen atoms in total. The molecule has 2 aromatic rings. The van der Waals surface area contributed by atoms with Gasteiger partial charge in [-0.05, 0) is 43.6 Å². The Labute approximate surface area is 168 Å². The minimum Gasteiger partial charge on any atom is -0.354 e. The summed E-state index contributed by atoms with van der Waals surface area (Å²) >= 11 is 0. The molecular weight excluding hydrogens is 375 g/mol. The number of likely N-dealkylation sites (tertiary alicyclic amines) is 1. The number of benzene rings is 1. The van der Waals surface area contributed by atoms with E-state index in [4.69, 9.17) is 0 Å². The van der Waals surface area contributed by atoms with Gasteiger partial charge < -0.3 is 9.88 Å². The molecule has 1 aliphatic rings. The first kappa shape index (κ1) is 21.0. The summed E-state index contributed by atoms with van der Waals surface area (Å²) in [5.41, 5.74) is -0.0141. The fourth-order valence-corrected chi connectivity index (χ4v) is 3.69. The van der Waals surface area contributed by atoms with E-state index in [0.717, 1.165) is 31.5 Å². The van der Waals surface area contributed by atoms with Crippen molar-refractivity contribution in [3.8, 4) is 0 Å². The van der Waals surface area contributed by atoms with Crippen molar-refractivity contribution in [1.29, 1.82) is 0 Å². The van der Waals surface area contributed by atoms with Crippen LogP contribution in [0, 0.1) is 5.82 Å². The fraction of sp³-hybridized carbons (Fsp3) is 0.476. The molecule has 2 N–H and O–H groups in total.